The van der Waals surface area contributed by atoms with Gasteiger partial charge in [0.15, 0.2) is 0 Å². The summed E-state index contributed by atoms with van der Waals surface area (Å²) in [5.74, 6) is 0.768. The Morgan fingerprint density at radius 1 is 1.33 bits per heavy atom. The molecule has 3 nitrogen and oxygen atoms in total. The quantitative estimate of drug-likeness (QED) is 0.823. The number of aryl methyl sites for hydroxylation is 1. The molecule has 2 rings (SSSR count). The summed E-state index contributed by atoms with van der Waals surface area (Å²) in [6.45, 7) is 2.52. The van der Waals surface area contributed by atoms with Gasteiger partial charge in [0.25, 0.3) is 5.91 Å². The molecular formula is C16H18ClNO2S. The van der Waals surface area contributed by atoms with Crippen LogP contribution in [-0.2, 0) is 13.0 Å². The number of halogens is 1. The lowest BCUT2D eigenvalue weighted by Gasteiger charge is -2.19. The second kappa shape index (κ2) is 6.96. The first-order valence-electron chi connectivity index (χ1n) is 6.71. The van der Waals surface area contributed by atoms with E-state index in [1.54, 1.807) is 25.1 Å². The highest BCUT2D eigenvalue weighted by molar-refractivity contribution is 7.12. The van der Waals surface area contributed by atoms with E-state index >= 15 is 0 Å². The first-order valence-corrected chi connectivity index (χ1v) is 7.96. The molecule has 0 saturated heterocycles. The summed E-state index contributed by atoms with van der Waals surface area (Å²) in [7, 11) is 3.41. The van der Waals surface area contributed by atoms with Crippen LogP contribution in [0, 0.1) is 0 Å². The fraction of sp³-hybridized carbons (Fsp3) is 0.312. The maximum absolute atomic E-state index is 12.5. The fourth-order valence-electron chi connectivity index (χ4n) is 2.17. The fourth-order valence-corrected chi connectivity index (χ4v) is 3.36. The lowest BCUT2D eigenvalue weighted by Crippen LogP contribution is -2.26. The first-order chi connectivity index (χ1) is 10.1. The molecule has 0 bridgehead atoms. The summed E-state index contributed by atoms with van der Waals surface area (Å²) in [4.78, 5) is 15.0. The summed E-state index contributed by atoms with van der Waals surface area (Å²) >= 11 is 7.51. The van der Waals surface area contributed by atoms with Crippen molar-refractivity contribution in [3.05, 3.63) is 50.7 Å². The summed E-state index contributed by atoms with van der Waals surface area (Å²) in [5.41, 5.74) is 1.99. The molecule has 0 aliphatic heterocycles. The molecule has 0 aliphatic rings. The van der Waals surface area contributed by atoms with Crippen molar-refractivity contribution in [2.75, 3.05) is 14.2 Å². The van der Waals surface area contributed by atoms with Crippen molar-refractivity contribution < 1.29 is 9.53 Å². The summed E-state index contributed by atoms with van der Waals surface area (Å²) in [6, 6.07) is 7.43. The molecule has 1 heterocycles. The van der Waals surface area contributed by atoms with Crippen molar-refractivity contribution in [1.82, 2.24) is 4.90 Å². The number of thiophene rings is 1. The van der Waals surface area contributed by atoms with E-state index in [0.717, 1.165) is 28.2 Å². The predicted molar refractivity (Wildman–Crippen MR) is 87.5 cm³/mol. The van der Waals surface area contributed by atoms with Crippen molar-refractivity contribution in [3.63, 3.8) is 0 Å². The van der Waals surface area contributed by atoms with Gasteiger partial charge < -0.3 is 9.64 Å². The maximum atomic E-state index is 12.5. The second-order valence-electron chi connectivity index (χ2n) is 4.75. The number of ether oxygens (including phenoxy) is 1. The summed E-state index contributed by atoms with van der Waals surface area (Å²) in [5, 5.41) is 2.59. The van der Waals surface area contributed by atoms with E-state index in [1.165, 1.54) is 11.3 Å². The number of amides is 1. The highest BCUT2D eigenvalue weighted by Gasteiger charge is 2.18. The molecule has 5 heteroatoms. The van der Waals surface area contributed by atoms with Crippen molar-refractivity contribution in [3.8, 4) is 5.75 Å². The van der Waals surface area contributed by atoms with Gasteiger partial charge in [0.2, 0.25) is 0 Å². The molecule has 0 N–H and O–H groups in total. The first kappa shape index (κ1) is 15.9. The monoisotopic (exact) mass is 323 g/mol. The van der Waals surface area contributed by atoms with Gasteiger partial charge in [-0.2, -0.15) is 0 Å². The molecule has 0 saturated carbocycles. The average molecular weight is 324 g/mol. The molecule has 0 aliphatic carbocycles. The smallest absolute Gasteiger partial charge is 0.264 e. The van der Waals surface area contributed by atoms with E-state index in [4.69, 9.17) is 16.3 Å². The van der Waals surface area contributed by atoms with Gasteiger partial charge in [-0.05, 0) is 41.6 Å². The van der Waals surface area contributed by atoms with Gasteiger partial charge >= 0.3 is 0 Å². The Morgan fingerprint density at radius 3 is 2.76 bits per heavy atom. The number of hydrogen-bond acceptors (Lipinski definition) is 3. The maximum Gasteiger partial charge on any atom is 0.264 e. The third kappa shape index (κ3) is 3.57. The van der Waals surface area contributed by atoms with Gasteiger partial charge in [0.1, 0.15) is 5.75 Å². The third-order valence-electron chi connectivity index (χ3n) is 3.32. The Kier molecular flexibility index (Phi) is 5.26. The van der Waals surface area contributed by atoms with Crippen LogP contribution in [0.4, 0.5) is 0 Å². The van der Waals surface area contributed by atoms with Crippen LogP contribution < -0.4 is 4.74 Å². The average Bonchev–Trinajstić information content (AvgIpc) is 2.95. The Bertz CT molecular complexity index is 639. The zero-order chi connectivity index (χ0) is 15.4. The number of rotatable bonds is 5. The zero-order valence-electron chi connectivity index (χ0n) is 12.4. The van der Waals surface area contributed by atoms with Crippen LogP contribution in [0.25, 0.3) is 0 Å². The molecule has 1 aromatic heterocycles. The Balaban J connectivity index is 2.20. The van der Waals surface area contributed by atoms with E-state index < -0.39 is 0 Å². The van der Waals surface area contributed by atoms with Crippen molar-refractivity contribution in [2.24, 2.45) is 0 Å². The van der Waals surface area contributed by atoms with E-state index in [1.807, 2.05) is 23.6 Å². The number of methoxy groups -OCH3 is 1. The minimum absolute atomic E-state index is 0.0314. The Hall–Kier alpha value is -1.52. The third-order valence-corrected chi connectivity index (χ3v) is 4.50. The normalized spacial score (nSPS) is 10.5. The number of carbonyl (C=O) groups excluding carboxylic acids is 1. The molecule has 21 heavy (non-hydrogen) atoms. The highest BCUT2D eigenvalue weighted by atomic mass is 35.5. The van der Waals surface area contributed by atoms with Gasteiger partial charge in [-0.25, -0.2) is 0 Å². The molecule has 1 aromatic carbocycles. The molecule has 0 spiro atoms. The van der Waals surface area contributed by atoms with Crippen LogP contribution in [0.5, 0.6) is 5.75 Å². The molecule has 0 fully saturated rings. The van der Waals surface area contributed by atoms with Crippen LogP contribution in [-0.4, -0.2) is 25.0 Å². The van der Waals surface area contributed by atoms with Crippen LogP contribution >= 0.6 is 22.9 Å². The van der Waals surface area contributed by atoms with Crippen molar-refractivity contribution in [2.45, 2.75) is 19.9 Å². The van der Waals surface area contributed by atoms with Crippen molar-refractivity contribution in [1.29, 1.82) is 0 Å². The summed E-state index contributed by atoms with van der Waals surface area (Å²) in [6.07, 6.45) is 0.860. The van der Waals surface area contributed by atoms with E-state index in [-0.39, 0.29) is 5.91 Å². The summed E-state index contributed by atoms with van der Waals surface area (Å²) < 4.78 is 5.32. The predicted octanol–water partition coefficient (Wildman–Crippen LogP) is 4.24. The molecule has 0 unspecified atom stereocenters. The number of nitrogens with zero attached hydrogens (tertiary/aromatic N) is 1. The van der Waals surface area contributed by atoms with Crippen LogP contribution in [0.15, 0.2) is 29.6 Å². The van der Waals surface area contributed by atoms with E-state index in [0.29, 0.717) is 11.6 Å². The molecule has 0 radical (unpaired) electrons. The lowest BCUT2D eigenvalue weighted by atomic mass is 10.1. The number of hydrogen-bond donors (Lipinski definition) is 0. The van der Waals surface area contributed by atoms with Gasteiger partial charge in [0, 0.05) is 24.2 Å². The van der Waals surface area contributed by atoms with Gasteiger partial charge in [-0.1, -0.05) is 18.5 Å². The van der Waals surface area contributed by atoms with E-state index in [2.05, 4.69) is 6.92 Å². The van der Waals surface area contributed by atoms with Crippen LogP contribution in [0.1, 0.15) is 27.7 Å². The van der Waals surface area contributed by atoms with Gasteiger partial charge in [-0.3, -0.25) is 4.79 Å². The topological polar surface area (TPSA) is 29.5 Å². The molecule has 2 aromatic rings. The van der Waals surface area contributed by atoms with Gasteiger partial charge in [0.05, 0.1) is 12.0 Å². The molecular weight excluding hydrogens is 306 g/mol. The zero-order valence-corrected chi connectivity index (χ0v) is 13.9. The molecule has 112 valence electrons. The number of benzene rings is 1. The molecule has 0 atom stereocenters. The Morgan fingerprint density at radius 2 is 2.10 bits per heavy atom. The second-order valence-corrected chi connectivity index (χ2v) is 6.10. The lowest BCUT2D eigenvalue weighted by molar-refractivity contribution is 0.0788. The SMILES string of the molecule is CCc1ccsc1C(=O)N(C)Cc1cc(Cl)ccc1OC. The van der Waals surface area contributed by atoms with Crippen LogP contribution in [0.2, 0.25) is 5.02 Å². The Labute approximate surface area is 134 Å². The van der Waals surface area contributed by atoms with Gasteiger partial charge in [-0.15, -0.1) is 11.3 Å². The standard InChI is InChI=1S/C16H18ClNO2S/c1-4-11-7-8-21-15(11)16(19)18(2)10-12-9-13(17)5-6-14(12)20-3/h5-9H,4,10H2,1-3H3. The highest BCUT2D eigenvalue weighted by Crippen LogP contribution is 2.25. The van der Waals surface area contributed by atoms with Crippen molar-refractivity contribution >= 4 is 28.8 Å². The van der Waals surface area contributed by atoms with Crippen LogP contribution in [0.3, 0.4) is 0 Å². The minimum atomic E-state index is 0.0314. The minimum Gasteiger partial charge on any atom is -0.496 e. The van der Waals surface area contributed by atoms with E-state index in [9.17, 15) is 4.79 Å². The molecule has 1 amide bonds. The largest absolute Gasteiger partial charge is 0.496 e. The number of carbonyl (C=O) groups is 1.